The lowest BCUT2D eigenvalue weighted by molar-refractivity contribution is 0.0694. The Morgan fingerprint density at radius 1 is 1.26 bits per heavy atom. The summed E-state index contributed by atoms with van der Waals surface area (Å²) in [6, 6.07) is 11.1. The normalized spacial score (nSPS) is 10.6. The summed E-state index contributed by atoms with van der Waals surface area (Å²) < 4.78 is 5.61. The zero-order chi connectivity index (χ0) is 13.7. The Hall–Kier alpha value is -1.68. The number of aromatic carboxylic acids is 1. The number of hydrogen-bond donors (Lipinski definition) is 1. The van der Waals surface area contributed by atoms with Gasteiger partial charge in [0.05, 0.1) is 6.61 Å². The van der Waals surface area contributed by atoms with Gasteiger partial charge in [0.15, 0.2) is 0 Å². The molecule has 0 atom stereocenters. The summed E-state index contributed by atoms with van der Waals surface area (Å²) >= 11 is 1.75. The Bertz CT molecular complexity index is 581. The molecule has 0 aliphatic heterocycles. The van der Waals surface area contributed by atoms with E-state index in [9.17, 15) is 9.90 Å². The quantitative estimate of drug-likeness (QED) is 0.818. The van der Waals surface area contributed by atoms with Crippen LogP contribution in [0.25, 0.3) is 10.8 Å². The Labute approximate surface area is 116 Å². The predicted octanol–water partition coefficient (Wildman–Crippen LogP) is 3.67. The van der Waals surface area contributed by atoms with E-state index in [0.29, 0.717) is 12.4 Å². The van der Waals surface area contributed by atoms with Crippen LogP contribution in [0, 0.1) is 0 Å². The lowest BCUT2D eigenvalue weighted by Gasteiger charge is -2.11. The lowest BCUT2D eigenvalue weighted by Crippen LogP contribution is -2.06. The third kappa shape index (κ3) is 3.20. The van der Waals surface area contributed by atoms with Crippen LogP contribution < -0.4 is 4.74 Å². The summed E-state index contributed by atoms with van der Waals surface area (Å²) in [5, 5.41) is 11.0. The first kappa shape index (κ1) is 13.7. The molecule has 0 unspecified atom stereocenters. The largest absolute Gasteiger partial charge is 0.493 e. The van der Waals surface area contributed by atoms with Crippen molar-refractivity contribution in [1.82, 2.24) is 0 Å². The average Bonchev–Trinajstić information content (AvgIpc) is 2.42. The third-order valence-corrected chi connectivity index (χ3v) is 3.55. The fraction of sp³-hybridized carbons (Fsp3) is 0.267. The number of benzene rings is 2. The number of carbonyl (C=O) groups is 1. The van der Waals surface area contributed by atoms with Crippen molar-refractivity contribution in [3.05, 3.63) is 42.0 Å². The number of thioether (sulfide) groups is 1. The topological polar surface area (TPSA) is 46.5 Å². The van der Waals surface area contributed by atoms with Crippen molar-refractivity contribution in [2.45, 2.75) is 6.42 Å². The second kappa shape index (κ2) is 6.48. The van der Waals surface area contributed by atoms with Crippen LogP contribution in [0.4, 0.5) is 0 Å². The molecule has 0 bridgehead atoms. The summed E-state index contributed by atoms with van der Waals surface area (Å²) in [6.45, 7) is 0.541. The van der Waals surface area contributed by atoms with E-state index in [4.69, 9.17) is 4.74 Å². The highest BCUT2D eigenvalue weighted by Gasteiger charge is 2.15. The van der Waals surface area contributed by atoms with E-state index in [-0.39, 0.29) is 5.56 Å². The van der Waals surface area contributed by atoms with Crippen LogP contribution in [0.3, 0.4) is 0 Å². The van der Waals surface area contributed by atoms with Gasteiger partial charge in [-0.3, -0.25) is 0 Å². The van der Waals surface area contributed by atoms with E-state index >= 15 is 0 Å². The van der Waals surface area contributed by atoms with E-state index in [1.54, 1.807) is 17.8 Å². The molecule has 0 fully saturated rings. The average molecular weight is 276 g/mol. The van der Waals surface area contributed by atoms with Gasteiger partial charge in [0, 0.05) is 0 Å². The maximum absolute atomic E-state index is 11.4. The SMILES string of the molecule is CSCCCOc1ccc2ccccc2c1C(=O)O. The van der Waals surface area contributed by atoms with Gasteiger partial charge >= 0.3 is 5.97 Å². The van der Waals surface area contributed by atoms with Crippen LogP contribution in [0.15, 0.2) is 36.4 Å². The van der Waals surface area contributed by atoms with Crippen molar-refractivity contribution >= 4 is 28.5 Å². The number of hydrogen-bond acceptors (Lipinski definition) is 3. The molecule has 0 spiro atoms. The predicted molar refractivity (Wildman–Crippen MR) is 79.4 cm³/mol. The van der Waals surface area contributed by atoms with E-state index < -0.39 is 5.97 Å². The van der Waals surface area contributed by atoms with Crippen LogP contribution in [0.5, 0.6) is 5.75 Å². The number of ether oxygens (including phenoxy) is 1. The summed E-state index contributed by atoms with van der Waals surface area (Å²) in [7, 11) is 0. The van der Waals surface area contributed by atoms with Gasteiger partial charge in [-0.25, -0.2) is 4.79 Å². The van der Waals surface area contributed by atoms with Crippen LogP contribution in [0.1, 0.15) is 16.8 Å². The van der Waals surface area contributed by atoms with E-state index in [0.717, 1.165) is 22.9 Å². The molecule has 0 aromatic heterocycles. The molecule has 0 heterocycles. The second-order valence-electron chi connectivity index (χ2n) is 4.16. The molecule has 19 heavy (non-hydrogen) atoms. The molecule has 4 heteroatoms. The van der Waals surface area contributed by atoms with Gasteiger partial charge in [-0.05, 0) is 35.3 Å². The third-order valence-electron chi connectivity index (χ3n) is 2.86. The molecule has 3 nitrogen and oxygen atoms in total. The van der Waals surface area contributed by atoms with E-state index in [1.165, 1.54) is 0 Å². The molecule has 0 aliphatic rings. The Morgan fingerprint density at radius 2 is 2.05 bits per heavy atom. The van der Waals surface area contributed by atoms with Gasteiger partial charge < -0.3 is 9.84 Å². The second-order valence-corrected chi connectivity index (χ2v) is 5.15. The lowest BCUT2D eigenvalue weighted by atomic mass is 10.0. The Kier molecular flexibility index (Phi) is 4.68. The highest BCUT2D eigenvalue weighted by molar-refractivity contribution is 7.98. The molecule has 0 amide bonds. The zero-order valence-corrected chi connectivity index (χ0v) is 11.6. The van der Waals surface area contributed by atoms with Crippen LogP contribution in [-0.4, -0.2) is 29.7 Å². The molecule has 0 radical (unpaired) electrons. The number of rotatable bonds is 6. The fourth-order valence-electron chi connectivity index (χ4n) is 1.98. The number of carboxylic acid groups (broad SMARTS) is 1. The van der Waals surface area contributed by atoms with E-state index in [2.05, 4.69) is 0 Å². The Balaban J connectivity index is 2.32. The summed E-state index contributed by atoms with van der Waals surface area (Å²) in [6.07, 6.45) is 2.95. The summed E-state index contributed by atoms with van der Waals surface area (Å²) in [5.74, 6) is 0.514. The smallest absolute Gasteiger partial charge is 0.340 e. The van der Waals surface area contributed by atoms with Crippen molar-refractivity contribution in [2.75, 3.05) is 18.6 Å². The molecule has 2 aromatic carbocycles. The summed E-state index contributed by atoms with van der Waals surface area (Å²) in [4.78, 5) is 11.4. The maximum atomic E-state index is 11.4. The highest BCUT2D eigenvalue weighted by Crippen LogP contribution is 2.28. The van der Waals surface area contributed by atoms with Gasteiger partial charge in [-0.15, -0.1) is 0 Å². The van der Waals surface area contributed by atoms with Gasteiger partial charge in [-0.1, -0.05) is 30.3 Å². The van der Waals surface area contributed by atoms with E-state index in [1.807, 2.05) is 36.6 Å². The van der Waals surface area contributed by atoms with Gasteiger partial charge in [0.25, 0.3) is 0 Å². The minimum absolute atomic E-state index is 0.252. The first-order chi connectivity index (χ1) is 9.24. The molecule has 2 aromatic rings. The van der Waals surface area contributed by atoms with Gasteiger partial charge in [0.2, 0.25) is 0 Å². The minimum Gasteiger partial charge on any atom is -0.493 e. The van der Waals surface area contributed by atoms with Crippen molar-refractivity contribution in [1.29, 1.82) is 0 Å². The highest BCUT2D eigenvalue weighted by atomic mass is 32.2. The standard InChI is InChI=1S/C15H16O3S/c1-19-10-4-9-18-13-8-7-11-5-2-3-6-12(11)14(13)15(16)17/h2-3,5-8H,4,9-10H2,1H3,(H,16,17). The molecule has 0 aliphatic carbocycles. The fourth-order valence-corrected chi connectivity index (χ4v) is 2.38. The molecule has 2 rings (SSSR count). The number of carboxylic acids is 1. The molecular formula is C15H16O3S. The zero-order valence-electron chi connectivity index (χ0n) is 10.8. The van der Waals surface area contributed by atoms with Crippen LogP contribution in [-0.2, 0) is 0 Å². The molecule has 1 N–H and O–H groups in total. The number of fused-ring (bicyclic) bond motifs is 1. The van der Waals surface area contributed by atoms with Crippen molar-refractivity contribution < 1.29 is 14.6 Å². The van der Waals surface area contributed by atoms with Crippen LogP contribution >= 0.6 is 11.8 Å². The van der Waals surface area contributed by atoms with Crippen molar-refractivity contribution in [2.24, 2.45) is 0 Å². The van der Waals surface area contributed by atoms with Gasteiger partial charge in [0.1, 0.15) is 11.3 Å². The monoisotopic (exact) mass is 276 g/mol. The Morgan fingerprint density at radius 3 is 2.79 bits per heavy atom. The van der Waals surface area contributed by atoms with Crippen LogP contribution in [0.2, 0.25) is 0 Å². The summed E-state index contributed by atoms with van der Waals surface area (Å²) in [5.41, 5.74) is 0.252. The first-order valence-corrected chi connectivity index (χ1v) is 7.50. The maximum Gasteiger partial charge on any atom is 0.340 e. The van der Waals surface area contributed by atoms with Crippen molar-refractivity contribution in [3.8, 4) is 5.75 Å². The van der Waals surface area contributed by atoms with Crippen molar-refractivity contribution in [3.63, 3.8) is 0 Å². The molecular weight excluding hydrogens is 260 g/mol. The van der Waals surface area contributed by atoms with Gasteiger partial charge in [-0.2, -0.15) is 11.8 Å². The molecule has 0 saturated heterocycles. The molecule has 100 valence electrons. The molecule has 0 saturated carbocycles. The first-order valence-electron chi connectivity index (χ1n) is 6.11. The minimum atomic E-state index is -0.948.